The van der Waals surface area contributed by atoms with Crippen molar-refractivity contribution in [3.8, 4) is 23.0 Å². The van der Waals surface area contributed by atoms with E-state index in [-0.39, 0.29) is 41.6 Å². The molecule has 1 fully saturated rings. The van der Waals surface area contributed by atoms with Gasteiger partial charge in [-0.3, -0.25) is 9.52 Å². The molecule has 0 amide bonds. The van der Waals surface area contributed by atoms with Gasteiger partial charge in [0.1, 0.15) is 46.8 Å². The van der Waals surface area contributed by atoms with Crippen LogP contribution in [0.25, 0.3) is 11.5 Å². The number of methoxy groups -OCH3 is 1. The van der Waals surface area contributed by atoms with Gasteiger partial charge in [-0.05, 0) is 63.1 Å². The fourth-order valence-electron chi connectivity index (χ4n) is 4.56. The second-order valence-corrected chi connectivity index (χ2v) is 11.3. The van der Waals surface area contributed by atoms with E-state index < -0.39 is 15.8 Å². The van der Waals surface area contributed by atoms with Gasteiger partial charge in [0.2, 0.25) is 15.8 Å². The topological polar surface area (TPSA) is 130 Å². The lowest BCUT2D eigenvalue weighted by Crippen LogP contribution is -2.32. The lowest BCUT2D eigenvalue weighted by Gasteiger charge is -2.29. The van der Waals surface area contributed by atoms with E-state index in [9.17, 15) is 17.6 Å². The Morgan fingerprint density at radius 1 is 1.08 bits per heavy atom. The second kappa shape index (κ2) is 12.5. The largest absolute Gasteiger partial charge is 0.492 e. The maximum atomic E-state index is 13.0. The number of hydrogen-bond donors (Lipinski definition) is 1. The van der Waals surface area contributed by atoms with Crippen molar-refractivity contribution in [1.82, 2.24) is 10.1 Å². The summed E-state index contributed by atoms with van der Waals surface area (Å²) in [5, 5.41) is 3.91. The van der Waals surface area contributed by atoms with Crippen LogP contribution in [0.1, 0.15) is 37.1 Å². The molecule has 12 heteroatoms. The van der Waals surface area contributed by atoms with E-state index >= 15 is 0 Å². The lowest BCUT2D eigenvalue weighted by atomic mass is 9.80. The van der Waals surface area contributed by atoms with Crippen molar-refractivity contribution < 1.29 is 36.3 Å². The van der Waals surface area contributed by atoms with Gasteiger partial charge in [-0.2, -0.15) is 0 Å². The summed E-state index contributed by atoms with van der Waals surface area (Å²) in [5.41, 5.74) is 1.48. The number of sulfonamides is 1. The van der Waals surface area contributed by atoms with Crippen molar-refractivity contribution in [2.75, 3.05) is 30.8 Å². The number of nitrogens with one attached hydrogen (secondary N) is 1. The van der Waals surface area contributed by atoms with Gasteiger partial charge >= 0.3 is 5.97 Å². The molecular formula is C27H32FN3O7S. The molecule has 1 saturated carbocycles. The monoisotopic (exact) mass is 561 g/mol. The highest BCUT2D eigenvalue weighted by molar-refractivity contribution is 7.92. The molecule has 0 saturated heterocycles. The standard InChI is InChI=1S/C27H32FN3O7S/c1-17-24(37-16-19-6-4-5-7-22(19)27(32)35-3)13-12-23(29-17)26-25(18(2)30-38-26)31-39(33,34)15-14-36-21-10-8-20(28)9-11-21/h8-13,19,22,31H,4-7,14-16H2,1-3H3/t19-,22+/m1/s1. The van der Waals surface area contributed by atoms with Gasteiger partial charge in [0.15, 0.2) is 0 Å². The molecule has 1 aliphatic rings. The van der Waals surface area contributed by atoms with Gasteiger partial charge < -0.3 is 18.7 Å². The summed E-state index contributed by atoms with van der Waals surface area (Å²) in [7, 11) is -2.42. The molecule has 4 rings (SSSR count). The van der Waals surface area contributed by atoms with Crippen molar-refractivity contribution in [2.45, 2.75) is 39.5 Å². The number of carbonyl (C=O) groups is 1. The van der Waals surface area contributed by atoms with Crippen LogP contribution in [0.5, 0.6) is 11.5 Å². The molecule has 0 unspecified atom stereocenters. The summed E-state index contributed by atoms with van der Waals surface area (Å²) >= 11 is 0. The van der Waals surface area contributed by atoms with Gasteiger partial charge in [0, 0.05) is 5.92 Å². The SMILES string of the molecule is COC(=O)[C@H]1CCCC[C@@H]1COc1ccc(-c2onc(C)c2NS(=O)(=O)CCOc2ccc(F)cc2)nc1C. The number of carbonyl (C=O) groups excluding carboxylic acids is 1. The van der Waals surface area contributed by atoms with Crippen LogP contribution in [0.2, 0.25) is 0 Å². The highest BCUT2D eigenvalue weighted by Gasteiger charge is 2.32. The molecule has 1 N–H and O–H groups in total. The smallest absolute Gasteiger partial charge is 0.309 e. The number of aryl methyl sites for hydroxylation is 2. The number of anilines is 1. The Labute approximate surface area is 226 Å². The minimum absolute atomic E-state index is 0.0650. The molecule has 2 aromatic heterocycles. The van der Waals surface area contributed by atoms with Crippen LogP contribution in [-0.4, -0.2) is 50.6 Å². The molecule has 1 aromatic carbocycles. The maximum absolute atomic E-state index is 13.0. The third-order valence-corrected chi connectivity index (χ3v) is 7.91. The van der Waals surface area contributed by atoms with Crippen LogP contribution in [0.15, 0.2) is 40.9 Å². The number of esters is 1. The van der Waals surface area contributed by atoms with E-state index in [2.05, 4.69) is 14.9 Å². The van der Waals surface area contributed by atoms with Gasteiger partial charge in [-0.15, -0.1) is 0 Å². The summed E-state index contributed by atoms with van der Waals surface area (Å²) in [6.07, 6.45) is 3.72. The van der Waals surface area contributed by atoms with Crippen LogP contribution in [-0.2, 0) is 19.6 Å². The van der Waals surface area contributed by atoms with Gasteiger partial charge in [0.05, 0.1) is 25.3 Å². The van der Waals surface area contributed by atoms with E-state index in [4.69, 9.17) is 18.7 Å². The number of benzene rings is 1. The summed E-state index contributed by atoms with van der Waals surface area (Å²) in [5.74, 6) is 0.0206. The Balaban J connectivity index is 1.41. The second-order valence-electron chi connectivity index (χ2n) is 9.46. The average molecular weight is 562 g/mol. The number of ether oxygens (including phenoxy) is 3. The van der Waals surface area contributed by atoms with Crippen LogP contribution in [0.3, 0.4) is 0 Å². The summed E-state index contributed by atoms with van der Waals surface area (Å²) in [6.45, 7) is 3.62. The van der Waals surface area contributed by atoms with Crippen molar-refractivity contribution >= 4 is 21.7 Å². The molecule has 210 valence electrons. The van der Waals surface area contributed by atoms with Crippen LogP contribution in [0.4, 0.5) is 10.1 Å². The molecule has 2 atom stereocenters. The molecule has 39 heavy (non-hydrogen) atoms. The molecule has 0 aliphatic heterocycles. The highest BCUT2D eigenvalue weighted by Crippen LogP contribution is 2.34. The molecule has 0 spiro atoms. The molecule has 3 aromatic rings. The van der Waals surface area contributed by atoms with Crippen molar-refractivity contribution in [2.24, 2.45) is 11.8 Å². The number of aromatic nitrogens is 2. The quantitative estimate of drug-likeness (QED) is 0.332. The van der Waals surface area contributed by atoms with Crippen LogP contribution in [0, 0.1) is 31.5 Å². The Morgan fingerprint density at radius 3 is 2.54 bits per heavy atom. The molecule has 1 aliphatic carbocycles. The normalized spacial score (nSPS) is 17.4. The number of nitrogens with zero attached hydrogens (tertiary/aromatic N) is 2. The predicted octanol–water partition coefficient (Wildman–Crippen LogP) is 4.67. The third-order valence-electron chi connectivity index (χ3n) is 6.69. The summed E-state index contributed by atoms with van der Waals surface area (Å²) in [6, 6.07) is 8.71. The maximum Gasteiger partial charge on any atom is 0.309 e. The highest BCUT2D eigenvalue weighted by atomic mass is 32.2. The first-order valence-corrected chi connectivity index (χ1v) is 14.4. The summed E-state index contributed by atoms with van der Waals surface area (Å²) < 4.78 is 62.8. The summed E-state index contributed by atoms with van der Waals surface area (Å²) in [4.78, 5) is 16.7. The molecule has 10 nitrogen and oxygen atoms in total. The molecular weight excluding hydrogens is 529 g/mol. The number of hydrogen-bond acceptors (Lipinski definition) is 9. The minimum Gasteiger partial charge on any atom is -0.492 e. The number of halogens is 1. The van der Waals surface area contributed by atoms with E-state index in [0.717, 1.165) is 25.7 Å². The van der Waals surface area contributed by atoms with E-state index in [1.165, 1.54) is 31.4 Å². The van der Waals surface area contributed by atoms with Crippen LogP contribution < -0.4 is 14.2 Å². The van der Waals surface area contributed by atoms with E-state index in [1.807, 2.05) is 0 Å². The van der Waals surface area contributed by atoms with E-state index in [0.29, 0.717) is 35.2 Å². The Kier molecular flexibility index (Phi) is 9.05. The molecule has 0 radical (unpaired) electrons. The fraction of sp³-hybridized carbons (Fsp3) is 0.444. The predicted molar refractivity (Wildman–Crippen MR) is 141 cm³/mol. The number of pyridine rings is 1. The lowest BCUT2D eigenvalue weighted by molar-refractivity contribution is -0.149. The van der Waals surface area contributed by atoms with Crippen LogP contribution >= 0.6 is 0 Å². The van der Waals surface area contributed by atoms with Gasteiger partial charge in [0.25, 0.3) is 0 Å². The average Bonchev–Trinajstić information content (AvgIpc) is 3.27. The van der Waals surface area contributed by atoms with Gasteiger partial charge in [-0.1, -0.05) is 18.0 Å². The fourth-order valence-corrected chi connectivity index (χ4v) is 5.52. The van der Waals surface area contributed by atoms with E-state index in [1.54, 1.807) is 26.0 Å². The Morgan fingerprint density at radius 2 is 1.82 bits per heavy atom. The number of rotatable bonds is 11. The Hall–Kier alpha value is -3.67. The molecule has 2 heterocycles. The molecule has 0 bridgehead atoms. The zero-order chi connectivity index (χ0) is 28.0. The van der Waals surface area contributed by atoms with Crippen molar-refractivity contribution in [3.05, 3.63) is 53.6 Å². The first-order valence-electron chi connectivity index (χ1n) is 12.7. The zero-order valence-electron chi connectivity index (χ0n) is 22.1. The van der Waals surface area contributed by atoms with Crippen molar-refractivity contribution in [1.29, 1.82) is 0 Å². The van der Waals surface area contributed by atoms with Gasteiger partial charge in [-0.25, -0.2) is 17.8 Å². The third kappa shape index (κ3) is 7.25. The first kappa shape index (κ1) is 28.3. The minimum atomic E-state index is -3.83. The Bertz CT molecular complexity index is 1390. The zero-order valence-corrected chi connectivity index (χ0v) is 22.9. The van der Waals surface area contributed by atoms with Crippen molar-refractivity contribution in [3.63, 3.8) is 0 Å². The first-order chi connectivity index (χ1) is 18.7.